The van der Waals surface area contributed by atoms with Crippen LogP contribution in [0.3, 0.4) is 0 Å². The Balaban J connectivity index is 1.56. The molecule has 0 fully saturated rings. The van der Waals surface area contributed by atoms with Crippen molar-refractivity contribution in [1.29, 1.82) is 0 Å². The summed E-state index contributed by atoms with van der Waals surface area (Å²) in [7, 11) is 1.58. The van der Waals surface area contributed by atoms with Gasteiger partial charge in [-0.15, -0.1) is 10.2 Å². The molecule has 0 saturated heterocycles. The molecule has 1 heterocycles. The number of hydrogen-bond donors (Lipinski definition) is 1. The summed E-state index contributed by atoms with van der Waals surface area (Å²) in [6, 6.07) is 14.7. The van der Waals surface area contributed by atoms with Gasteiger partial charge in [-0.2, -0.15) is 0 Å². The van der Waals surface area contributed by atoms with Gasteiger partial charge in [-0.1, -0.05) is 33.8 Å². The first kappa shape index (κ1) is 17.5. The van der Waals surface area contributed by atoms with Crippen LogP contribution in [0.4, 0.5) is 5.69 Å². The van der Waals surface area contributed by atoms with Gasteiger partial charge in [0.15, 0.2) is 0 Å². The summed E-state index contributed by atoms with van der Waals surface area (Å²) in [5.41, 5.74) is 1.49. The van der Waals surface area contributed by atoms with Crippen molar-refractivity contribution in [2.45, 2.75) is 5.22 Å². The number of nitrogens with zero attached hydrogens (tertiary/aromatic N) is 2. The zero-order chi connectivity index (χ0) is 17.6. The van der Waals surface area contributed by atoms with Crippen molar-refractivity contribution >= 4 is 39.3 Å². The number of hydrogen-bond acceptors (Lipinski definition) is 6. The quantitative estimate of drug-likeness (QED) is 0.602. The lowest BCUT2D eigenvalue weighted by molar-refractivity contribution is -0.113. The van der Waals surface area contributed by atoms with Crippen molar-refractivity contribution < 1.29 is 13.9 Å². The minimum absolute atomic E-state index is 0.165. The second-order valence-corrected chi connectivity index (χ2v) is 6.79. The van der Waals surface area contributed by atoms with Gasteiger partial charge in [0.25, 0.3) is 5.22 Å². The van der Waals surface area contributed by atoms with E-state index in [1.165, 1.54) is 11.8 Å². The van der Waals surface area contributed by atoms with Gasteiger partial charge in [0.05, 0.1) is 12.9 Å². The molecule has 1 N–H and O–H groups in total. The van der Waals surface area contributed by atoms with Crippen molar-refractivity contribution in [2.75, 3.05) is 18.2 Å². The van der Waals surface area contributed by atoms with Gasteiger partial charge in [-0.25, -0.2) is 0 Å². The average molecular weight is 420 g/mol. The van der Waals surface area contributed by atoms with Crippen molar-refractivity contribution in [2.24, 2.45) is 0 Å². The molecule has 1 amide bonds. The molecule has 3 aromatic rings. The van der Waals surface area contributed by atoms with Crippen LogP contribution in [0.2, 0.25) is 0 Å². The summed E-state index contributed by atoms with van der Waals surface area (Å²) in [5, 5.41) is 11.1. The molecule has 0 bridgehead atoms. The zero-order valence-corrected chi connectivity index (χ0v) is 15.6. The minimum Gasteiger partial charge on any atom is -0.497 e. The van der Waals surface area contributed by atoms with Crippen molar-refractivity contribution in [3.05, 3.63) is 53.0 Å². The predicted molar refractivity (Wildman–Crippen MR) is 99.8 cm³/mol. The van der Waals surface area contributed by atoms with Crippen molar-refractivity contribution in [1.82, 2.24) is 10.2 Å². The number of benzene rings is 2. The molecule has 128 valence electrons. The van der Waals surface area contributed by atoms with Gasteiger partial charge in [0.1, 0.15) is 5.75 Å². The highest BCUT2D eigenvalue weighted by atomic mass is 79.9. The average Bonchev–Trinajstić information content (AvgIpc) is 3.10. The first-order chi connectivity index (χ1) is 12.1. The number of anilines is 1. The number of carbonyl (C=O) groups is 1. The molecule has 0 saturated carbocycles. The smallest absolute Gasteiger partial charge is 0.277 e. The molecule has 0 aliphatic carbocycles. The van der Waals surface area contributed by atoms with Gasteiger partial charge in [-0.3, -0.25) is 4.79 Å². The van der Waals surface area contributed by atoms with Gasteiger partial charge in [0, 0.05) is 21.8 Å². The number of rotatable bonds is 6. The highest BCUT2D eigenvalue weighted by Crippen LogP contribution is 2.24. The number of amides is 1. The van der Waals surface area contributed by atoms with Crippen LogP contribution < -0.4 is 10.1 Å². The van der Waals surface area contributed by atoms with E-state index in [1.54, 1.807) is 19.2 Å². The normalized spacial score (nSPS) is 10.5. The summed E-state index contributed by atoms with van der Waals surface area (Å²) in [6.45, 7) is 0. The molecule has 2 aromatic carbocycles. The Hall–Kier alpha value is -2.32. The van der Waals surface area contributed by atoms with Crippen LogP contribution in [0.5, 0.6) is 5.75 Å². The molecule has 0 radical (unpaired) electrons. The number of nitrogens with one attached hydrogen (secondary N) is 1. The maximum absolute atomic E-state index is 12.0. The third-order valence-corrected chi connectivity index (χ3v) is 4.52. The summed E-state index contributed by atoms with van der Waals surface area (Å²) in [6.07, 6.45) is 0. The van der Waals surface area contributed by atoms with E-state index in [0.717, 1.165) is 10.0 Å². The summed E-state index contributed by atoms with van der Waals surface area (Å²) < 4.78 is 11.7. The summed E-state index contributed by atoms with van der Waals surface area (Å²) in [4.78, 5) is 12.0. The Bertz CT molecular complexity index is 868. The molecular formula is C17H14BrN3O3S. The van der Waals surface area contributed by atoms with Crippen LogP contribution in [0.25, 0.3) is 11.5 Å². The maximum atomic E-state index is 12.0. The van der Waals surface area contributed by atoms with Crippen LogP contribution in [-0.4, -0.2) is 29.0 Å². The highest BCUT2D eigenvalue weighted by Gasteiger charge is 2.11. The van der Waals surface area contributed by atoms with Gasteiger partial charge < -0.3 is 14.5 Å². The first-order valence-electron chi connectivity index (χ1n) is 7.30. The second kappa shape index (κ2) is 8.17. The lowest BCUT2D eigenvalue weighted by atomic mass is 10.2. The molecule has 0 aliphatic rings. The molecule has 3 rings (SSSR count). The molecule has 0 spiro atoms. The van der Waals surface area contributed by atoms with Gasteiger partial charge in [-0.05, 0) is 36.4 Å². The van der Waals surface area contributed by atoms with Crippen LogP contribution >= 0.6 is 27.7 Å². The van der Waals surface area contributed by atoms with Crippen LogP contribution in [0.1, 0.15) is 0 Å². The molecule has 6 nitrogen and oxygen atoms in total. The van der Waals surface area contributed by atoms with Crippen LogP contribution in [0, 0.1) is 0 Å². The summed E-state index contributed by atoms with van der Waals surface area (Å²) >= 11 is 4.56. The van der Waals surface area contributed by atoms with Gasteiger partial charge >= 0.3 is 0 Å². The number of methoxy groups -OCH3 is 1. The van der Waals surface area contributed by atoms with Crippen LogP contribution in [-0.2, 0) is 4.79 Å². The van der Waals surface area contributed by atoms with E-state index in [0.29, 0.717) is 22.6 Å². The highest BCUT2D eigenvalue weighted by molar-refractivity contribution is 9.10. The third kappa shape index (κ3) is 4.83. The number of halogens is 1. The number of ether oxygens (including phenoxy) is 1. The van der Waals surface area contributed by atoms with E-state index in [1.807, 2.05) is 36.4 Å². The molecule has 0 atom stereocenters. The third-order valence-electron chi connectivity index (χ3n) is 3.18. The lowest BCUT2D eigenvalue weighted by Gasteiger charge is -2.05. The summed E-state index contributed by atoms with van der Waals surface area (Å²) in [5.74, 6) is 1.10. The Morgan fingerprint density at radius 2 is 2.04 bits per heavy atom. The number of thioether (sulfide) groups is 1. The zero-order valence-electron chi connectivity index (χ0n) is 13.2. The van der Waals surface area contributed by atoms with Crippen molar-refractivity contribution in [3.8, 4) is 17.2 Å². The fourth-order valence-electron chi connectivity index (χ4n) is 2.00. The number of aromatic nitrogens is 2. The van der Waals surface area contributed by atoms with E-state index in [-0.39, 0.29) is 11.7 Å². The Kier molecular flexibility index (Phi) is 5.72. The van der Waals surface area contributed by atoms with E-state index in [2.05, 4.69) is 31.4 Å². The first-order valence-corrected chi connectivity index (χ1v) is 9.08. The van der Waals surface area contributed by atoms with Crippen LogP contribution in [0.15, 0.2) is 62.6 Å². The maximum Gasteiger partial charge on any atom is 0.277 e. The van der Waals surface area contributed by atoms with Crippen molar-refractivity contribution in [3.63, 3.8) is 0 Å². The molecular weight excluding hydrogens is 406 g/mol. The molecule has 8 heteroatoms. The van der Waals surface area contributed by atoms with E-state index < -0.39 is 0 Å². The standard InChI is InChI=1S/C17H14BrN3O3S/c1-23-14-4-2-3-13(9-14)19-15(22)10-25-17-21-20-16(24-17)11-5-7-12(18)8-6-11/h2-9H,10H2,1H3,(H,19,22). The molecule has 25 heavy (non-hydrogen) atoms. The fraction of sp³-hybridized carbons (Fsp3) is 0.118. The van der Waals surface area contributed by atoms with Gasteiger partial charge in [0.2, 0.25) is 11.8 Å². The predicted octanol–water partition coefficient (Wildman–Crippen LogP) is 4.24. The minimum atomic E-state index is -0.165. The topological polar surface area (TPSA) is 77.2 Å². The lowest BCUT2D eigenvalue weighted by Crippen LogP contribution is -2.13. The van der Waals surface area contributed by atoms with E-state index in [9.17, 15) is 4.79 Å². The Morgan fingerprint density at radius 3 is 2.80 bits per heavy atom. The Labute approximate surface area is 157 Å². The molecule has 1 aromatic heterocycles. The number of carbonyl (C=O) groups excluding carboxylic acids is 1. The largest absolute Gasteiger partial charge is 0.497 e. The second-order valence-electron chi connectivity index (χ2n) is 4.95. The van der Waals surface area contributed by atoms with E-state index >= 15 is 0 Å². The molecule has 0 aliphatic heterocycles. The molecule has 0 unspecified atom stereocenters. The van der Waals surface area contributed by atoms with E-state index in [4.69, 9.17) is 9.15 Å². The monoisotopic (exact) mass is 419 g/mol. The Morgan fingerprint density at radius 1 is 1.24 bits per heavy atom. The SMILES string of the molecule is COc1cccc(NC(=O)CSc2nnc(-c3ccc(Br)cc3)o2)c1. The fourth-order valence-corrected chi connectivity index (χ4v) is 2.83.